The summed E-state index contributed by atoms with van der Waals surface area (Å²) < 4.78 is 19.0. The summed E-state index contributed by atoms with van der Waals surface area (Å²) in [6.45, 7) is 1.60. The van der Waals surface area contributed by atoms with Crippen LogP contribution in [0.5, 0.6) is 5.75 Å². The van der Waals surface area contributed by atoms with E-state index in [1.807, 2.05) is 24.3 Å². The number of carbonyl (C=O) groups excluding carboxylic acids is 1. The van der Waals surface area contributed by atoms with E-state index < -0.39 is 6.10 Å². The number of H-pyrrole nitrogens is 1. The molecule has 118 valence electrons. The second-order valence-corrected chi connectivity index (χ2v) is 5.78. The zero-order chi connectivity index (χ0) is 16.4. The molecule has 1 unspecified atom stereocenters. The zero-order valence-electron chi connectivity index (χ0n) is 12.1. The highest BCUT2D eigenvalue weighted by molar-refractivity contribution is 9.10. The molecule has 0 bridgehead atoms. The third-order valence-corrected chi connectivity index (χ3v) is 3.82. The van der Waals surface area contributed by atoms with Crippen LogP contribution in [0.15, 0.2) is 46.9 Å². The molecule has 1 heterocycles. The van der Waals surface area contributed by atoms with Crippen LogP contribution in [0.2, 0.25) is 0 Å². The quantitative estimate of drug-likeness (QED) is 0.724. The van der Waals surface area contributed by atoms with Gasteiger partial charge < -0.3 is 9.72 Å². The molecule has 0 radical (unpaired) electrons. The molecule has 23 heavy (non-hydrogen) atoms. The van der Waals surface area contributed by atoms with Gasteiger partial charge in [0.25, 0.3) is 5.91 Å². The van der Waals surface area contributed by atoms with Gasteiger partial charge in [-0.15, -0.1) is 0 Å². The van der Waals surface area contributed by atoms with E-state index in [9.17, 15) is 9.18 Å². The molecular weight excluding hydrogens is 365 g/mol. The number of aromatic amines is 1. The highest BCUT2D eigenvalue weighted by atomic mass is 79.9. The Balaban J connectivity index is 1.69. The van der Waals surface area contributed by atoms with Crippen LogP contribution in [0, 0.1) is 5.82 Å². The van der Waals surface area contributed by atoms with Gasteiger partial charge in [0.1, 0.15) is 11.6 Å². The molecule has 2 aromatic carbocycles. The first-order chi connectivity index (χ1) is 11.0. The highest BCUT2D eigenvalue weighted by Gasteiger charge is 2.17. The van der Waals surface area contributed by atoms with Crippen molar-refractivity contribution in [2.24, 2.45) is 0 Å². The number of imidazole rings is 1. The van der Waals surface area contributed by atoms with Gasteiger partial charge in [0.05, 0.1) is 15.5 Å². The molecule has 0 fully saturated rings. The van der Waals surface area contributed by atoms with Crippen LogP contribution in [0.1, 0.15) is 6.92 Å². The third kappa shape index (κ3) is 3.50. The lowest BCUT2D eigenvalue weighted by molar-refractivity contribution is -0.122. The Bertz CT molecular complexity index is 832. The van der Waals surface area contributed by atoms with E-state index in [2.05, 4.69) is 31.2 Å². The number of amides is 1. The maximum absolute atomic E-state index is 13.1. The van der Waals surface area contributed by atoms with Crippen molar-refractivity contribution in [1.29, 1.82) is 0 Å². The van der Waals surface area contributed by atoms with Crippen LogP contribution < -0.4 is 10.1 Å². The number of rotatable bonds is 4. The Labute approximate surface area is 140 Å². The van der Waals surface area contributed by atoms with Crippen LogP contribution in [0.4, 0.5) is 10.3 Å². The standard InChI is InChI=1S/C16H13BrFN3O2/c1-9(23-14-7-6-10(18)8-11(14)17)15(22)21-16-19-12-4-2-3-5-13(12)20-16/h2-9H,1H3,(H2,19,20,21,22). The number of nitrogens with zero attached hydrogens (tertiary/aromatic N) is 1. The monoisotopic (exact) mass is 377 g/mol. The molecule has 3 aromatic rings. The number of hydrogen-bond donors (Lipinski definition) is 2. The minimum Gasteiger partial charge on any atom is -0.480 e. The first-order valence-corrected chi connectivity index (χ1v) is 7.69. The van der Waals surface area contributed by atoms with Gasteiger partial charge in [0.15, 0.2) is 6.10 Å². The number of carbonyl (C=O) groups is 1. The van der Waals surface area contributed by atoms with Crippen LogP contribution in [0.25, 0.3) is 11.0 Å². The second-order valence-electron chi connectivity index (χ2n) is 4.93. The molecule has 0 saturated carbocycles. The van der Waals surface area contributed by atoms with E-state index in [0.29, 0.717) is 16.2 Å². The molecule has 1 aromatic heterocycles. The first-order valence-electron chi connectivity index (χ1n) is 6.90. The minimum atomic E-state index is -0.773. The van der Waals surface area contributed by atoms with Gasteiger partial charge in [-0.3, -0.25) is 10.1 Å². The average molecular weight is 378 g/mol. The van der Waals surface area contributed by atoms with Crippen molar-refractivity contribution in [3.8, 4) is 5.75 Å². The van der Waals surface area contributed by atoms with Crippen molar-refractivity contribution >= 4 is 38.8 Å². The zero-order valence-corrected chi connectivity index (χ0v) is 13.7. The van der Waals surface area contributed by atoms with Crippen molar-refractivity contribution < 1.29 is 13.9 Å². The van der Waals surface area contributed by atoms with Gasteiger partial charge >= 0.3 is 0 Å². The Kier molecular flexibility index (Phi) is 4.29. The van der Waals surface area contributed by atoms with Gasteiger partial charge in [-0.1, -0.05) is 12.1 Å². The molecule has 1 atom stereocenters. The van der Waals surface area contributed by atoms with E-state index >= 15 is 0 Å². The number of halogens is 2. The Morgan fingerprint density at radius 3 is 2.87 bits per heavy atom. The van der Waals surface area contributed by atoms with Crippen molar-refractivity contribution in [2.75, 3.05) is 5.32 Å². The number of para-hydroxylation sites is 2. The van der Waals surface area contributed by atoms with Crippen LogP contribution in [-0.2, 0) is 4.79 Å². The molecule has 3 rings (SSSR count). The Morgan fingerprint density at radius 1 is 1.35 bits per heavy atom. The Morgan fingerprint density at radius 2 is 2.13 bits per heavy atom. The molecule has 0 aliphatic rings. The molecule has 0 aliphatic carbocycles. The average Bonchev–Trinajstić information content (AvgIpc) is 2.92. The Hall–Kier alpha value is -2.41. The van der Waals surface area contributed by atoms with Gasteiger partial charge in [-0.05, 0) is 53.2 Å². The fourth-order valence-electron chi connectivity index (χ4n) is 2.05. The van der Waals surface area contributed by atoms with E-state index in [1.54, 1.807) is 6.92 Å². The van der Waals surface area contributed by atoms with Crippen LogP contribution >= 0.6 is 15.9 Å². The number of fused-ring (bicyclic) bond motifs is 1. The summed E-state index contributed by atoms with van der Waals surface area (Å²) in [7, 11) is 0. The lowest BCUT2D eigenvalue weighted by Gasteiger charge is -2.14. The number of hydrogen-bond acceptors (Lipinski definition) is 3. The fourth-order valence-corrected chi connectivity index (χ4v) is 2.49. The normalized spacial score (nSPS) is 12.1. The topological polar surface area (TPSA) is 67.0 Å². The summed E-state index contributed by atoms with van der Waals surface area (Å²) in [6.07, 6.45) is -0.773. The van der Waals surface area contributed by atoms with Crippen molar-refractivity contribution in [3.63, 3.8) is 0 Å². The molecule has 0 aliphatic heterocycles. The lowest BCUT2D eigenvalue weighted by Crippen LogP contribution is -2.30. The second kappa shape index (κ2) is 6.37. The van der Waals surface area contributed by atoms with E-state index in [0.717, 1.165) is 11.0 Å². The number of benzene rings is 2. The maximum atomic E-state index is 13.1. The third-order valence-electron chi connectivity index (χ3n) is 3.20. The highest BCUT2D eigenvalue weighted by Crippen LogP contribution is 2.26. The number of nitrogens with one attached hydrogen (secondary N) is 2. The molecule has 0 saturated heterocycles. The van der Waals surface area contributed by atoms with Gasteiger partial charge in [-0.2, -0.15) is 0 Å². The van der Waals surface area contributed by atoms with Gasteiger partial charge in [0.2, 0.25) is 5.95 Å². The maximum Gasteiger partial charge on any atom is 0.267 e. The predicted molar refractivity (Wildman–Crippen MR) is 88.9 cm³/mol. The first kappa shape index (κ1) is 15.5. The summed E-state index contributed by atoms with van der Waals surface area (Å²) in [6, 6.07) is 11.5. The smallest absolute Gasteiger partial charge is 0.267 e. The van der Waals surface area contributed by atoms with Gasteiger partial charge in [-0.25, -0.2) is 9.37 Å². The van der Waals surface area contributed by atoms with E-state index in [1.165, 1.54) is 18.2 Å². The summed E-state index contributed by atoms with van der Waals surface area (Å²) in [5.74, 6) is -0.00707. The van der Waals surface area contributed by atoms with Crippen LogP contribution in [0.3, 0.4) is 0 Å². The summed E-state index contributed by atoms with van der Waals surface area (Å²) in [5, 5.41) is 2.66. The largest absolute Gasteiger partial charge is 0.480 e. The fraction of sp³-hybridized carbons (Fsp3) is 0.125. The molecule has 2 N–H and O–H groups in total. The number of ether oxygens (including phenoxy) is 1. The number of aromatic nitrogens is 2. The van der Waals surface area contributed by atoms with Gasteiger partial charge in [0, 0.05) is 0 Å². The SMILES string of the molecule is CC(Oc1ccc(F)cc1Br)C(=O)Nc1nc2ccccc2[nH]1. The van der Waals surface area contributed by atoms with E-state index in [-0.39, 0.29) is 11.7 Å². The molecule has 1 amide bonds. The van der Waals surface area contributed by atoms with Crippen molar-refractivity contribution in [2.45, 2.75) is 13.0 Å². The molecule has 5 nitrogen and oxygen atoms in total. The van der Waals surface area contributed by atoms with Crippen molar-refractivity contribution in [1.82, 2.24) is 9.97 Å². The minimum absolute atomic E-state index is 0.352. The summed E-state index contributed by atoms with van der Waals surface area (Å²) in [4.78, 5) is 19.5. The molecule has 0 spiro atoms. The summed E-state index contributed by atoms with van der Waals surface area (Å²) in [5.41, 5.74) is 1.59. The molecular formula is C16H13BrFN3O2. The van der Waals surface area contributed by atoms with Crippen LogP contribution in [-0.4, -0.2) is 22.0 Å². The predicted octanol–water partition coefficient (Wildman–Crippen LogP) is 3.87. The van der Waals surface area contributed by atoms with E-state index in [4.69, 9.17) is 4.74 Å². The van der Waals surface area contributed by atoms with Crippen molar-refractivity contribution in [3.05, 3.63) is 52.8 Å². The molecule has 7 heteroatoms. The summed E-state index contributed by atoms with van der Waals surface area (Å²) >= 11 is 3.20. The number of anilines is 1. The lowest BCUT2D eigenvalue weighted by atomic mass is 10.3.